The SMILES string of the molecule is CC(=O)N[C@H]1[C@H](OCCCCNC(=O)OCc2ccccc2)O[C@H](COC(C)=O)[C@H](OC(C)=O)[C@@H]1OC(C)=O. The van der Waals surface area contributed by atoms with Gasteiger partial charge in [0.2, 0.25) is 5.91 Å². The topological polar surface area (TPSA) is 165 Å². The maximum atomic E-state index is 11.9. The number of nitrogens with one attached hydrogen (secondary N) is 2. The highest BCUT2D eigenvalue weighted by Gasteiger charge is 2.51. The number of rotatable bonds is 13. The Bertz CT molecular complexity index is 972. The lowest BCUT2D eigenvalue weighted by Crippen LogP contribution is -2.66. The molecule has 0 unspecified atom stereocenters. The molecule has 13 heteroatoms. The molecule has 2 amide bonds. The van der Waals surface area contributed by atoms with Crippen molar-refractivity contribution in [2.45, 2.75) is 77.8 Å². The molecule has 1 aliphatic heterocycles. The second-order valence-corrected chi connectivity index (χ2v) is 8.79. The molecule has 216 valence electrons. The van der Waals surface area contributed by atoms with Crippen molar-refractivity contribution in [3.8, 4) is 0 Å². The molecule has 1 fully saturated rings. The summed E-state index contributed by atoms with van der Waals surface area (Å²) in [6.07, 6.45) is -4.06. The van der Waals surface area contributed by atoms with Crippen LogP contribution in [0.1, 0.15) is 46.1 Å². The molecule has 0 radical (unpaired) electrons. The molecule has 2 rings (SSSR count). The van der Waals surface area contributed by atoms with Crippen LogP contribution in [-0.4, -0.2) is 80.3 Å². The predicted octanol–water partition coefficient (Wildman–Crippen LogP) is 1.37. The third-order valence-corrected chi connectivity index (χ3v) is 5.41. The number of amides is 2. The first kappa shape index (κ1) is 31.5. The molecule has 1 heterocycles. The molecule has 0 saturated carbocycles. The molecule has 13 nitrogen and oxygen atoms in total. The molecule has 1 saturated heterocycles. The quantitative estimate of drug-likeness (QED) is 0.206. The minimum atomic E-state index is -1.19. The molecular weight excluding hydrogens is 516 g/mol. The van der Waals surface area contributed by atoms with Gasteiger partial charge in [0, 0.05) is 40.8 Å². The van der Waals surface area contributed by atoms with Crippen molar-refractivity contribution < 1.29 is 52.4 Å². The molecule has 1 aromatic carbocycles. The lowest BCUT2D eigenvalue weighted by atomic mass is 9.96. The normalized spacial score (nSPS) is 22.2. The predicted molar refractivity (Wildman–Crippen MR) is 134 cm³/mol. The van der Waals surface area contributed by atoms with Crippen molar-refractivity contribution in [3.05, 3.63) is 35.9 Å². The van der Waals surface area contributed by atoms with E-state index in [2.05, 4.69) is 10.6 Å². The standard InChI is InChI=1S/C26H36N2O11/c1-16(29)28-22-24(38-19(4)32)23(37-18(3)31)21(15-35-17(2)30)39-25(22)34-13-9-8-12-27-26(33)36-14-20-10-6-5-7-11-20/h5-7,10-11,21-25H,8-9,12-15H2,1-4H3,(H,27,33)(H,28,29)/t21-,22-,23+,24-,25-/m1/s1. The number of carbonyl (C=O) groups excluding carboxylic acids is 5. The summed E-state index contributed by atoms with van der Waals surface area (Å²) in [5.74, 6) is -2.44. The first-order valence-corrected chi connectivity index (χ1v) is 12.5. The Hall–Kier alpha value is -3.71. The lowest BCUT2D eigenvalue weighted by molar-refractivity contribution is -0.277. The zero-order chi connectivity index (χ0) is 28.8. The fourth-order valence-corrected chi connectivity index (χ4v) is 3.82. The summed E-state index contributed by atoms with van der Waals surface area (Å²) >= 11 is 0. The number of hydrogen-bond donors (Lipinski definition) is 2. The fourth-order valence-electron chi connectivity index (χ4n) is 3.82. The number of benzene rings is 1. The molecule has 0 aromatic heterocycles. The first-order chi connectivity index (χ1) is 18.6. The zero-order valence-corrected chi connectivity index (χ0v) is 22.5. The van der Waals surface area contributed by atoms with E-state index in [1.165, 1.54) is 20.8 Å². The van der Waals surface area contributed by atoms with E-state index in [4.69, 9.17) is 28.4 Å². The molecule has 0 spiro atoms. The summed E-state index contributed by atoms with van der Waals surface area (Å²) in [5, 5.41) is 5.29. The Morgan fingerprint density at radius 3 is 2.13 bits per heavy atom. The van der Waals surface area contributed by atoms with Crippen LogP contribution in [-0.2, 0) is 54.2 Å². The Morgan fingerprint density at radius 2 is 1.51 bits per heavy atom. The van der Waals surface area contributed by atoms with E-state index in [1.807, 2.05) is 30.3 Å². The molecule has 1 aromatic rings. The van der Waals surface area contributed by atoms with Crippen LogP contribution in [0.5, 0.6) is 0 Å². The number of esters is 3. The van der Waals surface area contributed by atoms with Gasteiger partial charge in [-0.25, -0.2) is 4.79 Å². The lowest BCUT2D eigenvalue weighted by Gasteiger charge is -2.44. The largest absolute Gasteiger partial charge is 0.463 e. The highest BCUT2D eigenvalue weighted by atomic mass is 16.7. The maximum absolute atomic E-state index is 11.9. The minimum absolute atomic E-state index is 0.146. The third-order valence-electron chi connectivity index (χ3n) is 5.41. The van der Waals surface area contributed by atoms with Crippen molar-refractivity contribution in [2.75, 3.05) is 19.8 Å². The third kappa shape index (κ3) is 11.7. The Morgan fingerprint density at radius 1 is 0.846 bits per heavy atom. The van der Waals surface area contributed by atoms with Gasteiger partial charge in [-0.1, -0.05) is 30.3 Å². The van der Waals surface area contributed by atoms with Crippen molar-refractivity contribution >= 4 is 29.9 Å². The van der Waals surface area contributed by atoms with Gasteiger partial charge in [0.15, 0.2) is 18.5 Å². The fraction of sp³-hybridized carbons (Fsp3) is 0.577. The monoisotopic (exact) mass is 552 g/mol. The van der Waals surface area contributed by atoms with Gasteiger partial charge >= 0.3 is 24.0 Å². The maximum Gasteiger partial charge on any atom is 0.407 e. The van der Waals surface area contributed by atoms with Crippen LogP contribution in [0.3, 0.4) is 0 Å². The summed E-state index contributed by atoms with van der Waals surface area (Å²) in [5.41, 5.74) is 0.872. The van der Waals surface area contributed by atoms with Crippen LogP contribution in [0.4, 0.5) is 4.79 Å². The van der Waals surface area contributed by atoms with Gasteiger partial charge in [0.25, 0.3) is 0 Å². The smallest absolute Gasteiger partial charge is 0.407 e. The Labute approximate surface area is 226 Å². The van der Waals surface area contributed by atoms with Gasteiger partial charge in [-0.3, -0.25) is 19.2 Å². The van der Waals surface area contributed by atoms with Gasteiger partial charge in [0.05, 0.1) is 0 Å². The molecule has 2 N–H and O–H groups in total. The van der Waals surface area contributed by atoms with E-state index in [-0.39, 0.29) is 19.8 Å². The van der Waals surface area contributed by atoms with E-state index >= 15 is 0 Å². The van der Waals surface area contributed by atoms with E-state index in [0.29, 0.717) is 19.4 Å². The van der Waals surface area contributed by atoms with Crippen molar-refractivity contribution in [2.24, 2.45) is 0 Å². The van der Waals surface area contributed by atoms with E-state index < -0.39 is 60.6 Å². The Balaban J connectivity index is 1.96. The van der Waals surface area contributed by atoms with Gasteiger partial charge in [-0.05, 0) is 18.4 Å². The molecule has 0 bridgehead atoms. The van der Waals surface area contributed by atoms with E-state index in [9.17, 15) is 24.0 Å². The molecule has 39 heavy (non-hydrogen) atoms. The summed E-state index contributed by atoms with van der Waals surface area (Å²) in [7, 11) is 0. The minimum Gasteiger partial charge on any atom is -0.463 e. The second kappa shape index (κ2) is 16.3. The van der Waals surface area contributed by atoms with Crippen LogP contribution in [0.25, 0.3) is 0 Å². The highest BCUT2D eigenvalue weighted by Crippen LogP contribution is 2.28. The average Bonchev–Trinajstić information content (AvgIpc) is 2.86. The second-order valence-electron chi connectivity index (χ2n) is 8.79. The van der Waals surface area contributed by atoms with Crippen molar-refractivity contribution in [1.82, 2.24) is 10.6 Å². The van der Waals surface area contributed by atoms with Gasteiger partial charge in [-0.15, -0.1) is 0 Å². The summed E-state index contributed by atoms with van der Waals surface area (Å²) in [6.45, 7) is 5.11. The highest BCUT2D eigenvalue weighted by molar-refractivity contribution is 5.73. The molecular formula is C26H36N2O11. The van der Waals surface area contributed by atoms with Gasteiger partial charge < -0.3 is 39.1 Å². The Kier molecular flexibility index (Phi) is 13.2. The van der Waals surface area contributed by atoms with E-state index in [0.717, 1.165) is 12.5 Å². The van der Waals surface area contributed by atoms with Crippen LogP contribution in [0, 0.1) is 0 Å². The van der Waals surface area contributed by atoms with Crippen molar-refractivity contribution in [3.63, 3.8) is 0 Å². The molecule has 0 aliphatic carbocycles. The molecule has 5 atom stereocenters. The van der Waals surface area contributed by atoms with Crippen LogP contribution in [0.2, 0.25) is 0 Å². The number of alkyl carbamates (subject to hydrolysis) is 1. The van der Waals surface area contributed by atoms with Crippen molar-refractivity contribution in [1.29, 1.82) is 0 Å². The van der Waals surface area contributed by atoms with Gasteiger partial charge in [-0.2, -0.15) is 0 Å². The number of ether oxygens (including phenoxy) is 6. The average molecular weight is 553 g/mol. The van der Waals surface area contributed by atoms with E-state index in [1.54, 1.807) is 0 Å². The zero-order valence-electron chi connectivity index (χ0n) is 22.5. The number of hydrogen-bond acceptors (Lipinski definition) is 11. The summed E-state index contributed by atoms with van der Waals surface area (Å²) in [6, 6.07) is 8.25. The summed E-state index contributed by atoms with van der Waals surface area (Å²) < 4.78 is 32.8. The molecule has 1 aliphatic rings. The van der Waals surface area contributed by atoms with Crippen LogP contribution in [0.15, 0.2) is 30.3 Å². The van der Waals surface area contributed by atoms with Gasteiger partial charge in [0.1, 0.15) is 25.4 Å². The summed E-state index contributed by atoms with van der Waals surface area (Å²) in [4.78, 5) is 58.9. The first-order valence-electron chi connectivity index (χ1n) is 12.5. The van der Waals surface area contributed by atoms with Crippen LogP contribution < -0.4 is 10.6 Å². The number of unbranched alkanes of at least 4 members (excludes halogenated alkanes) is 1. The van der Waals surface area contributed by atoms with Crippen LogP contribution >= 0.6 is 0 Å². The number of carbonyl (C=O) groups is 5.